The van der Waals surface area contributed by atoms with E-state index in [0.717, 1.165) is 13.0 Å². The maximum atomic E-state index is 9.86. The zero-order valence-electron chi connectivity index (χ0n) is 11.0. The molecule has 4 nitrogen and oxygen atoms in total. The lowest BCUT2D eigenvalue weighted by atomic mass is 10.1. The SMILES string of the molecule is CC1OCCC1NCC(O)COc1ccc(Cl)cc1. The molecule has 3 unspecified atom stereocenters. The van der Waals surface area contributed by atoms with Crippen LogP contribution in [0, 0.1) is 0 Å². The van der Waals surface area contributed by atoms with Crippen LogP contribution in [0.2, 0.25) is 5.02 Å². The van der Waals surface area contributed by atoms with Crippen LogP contribution in [0.15, 0.2) is 24.3 Å². The monoisotopic (exact) mass is 285 g/mol. The minimum atomic E-state index is -0.538. The Labute approximate surface area is 118 Å². The van der Waals surface area contributed by atoms with Crippen molar-refractivity contribution in [2.24, 2.45) is 0 Å². The molecule has 0 saturated carbocycles. The summed E-state index contributed by atoms with van der Waals surface area (Å²) in [6.07, 6.45) is 0.666. The molecule has 1 aromatic rings. The van der Waals surface area contributed by atoms with Crippen LogP contribution in [0.3, 0.4) is 0 Å². The van der Waals surface area contributed by atoms with Gasteiger partial charge < -0.3 is 19.9 Å². The highest BCUT2D eigenvalue weighted by Gasteiger charge is 2.24. The Kier molecular flexibility index (Phi) is 5.45. The molecule has 1 fully saturated rings. The van der Waals surface area contributed by atoms with Gasteiger partial charge in [0.15, 0.2) is 0 Å². The van der Waals surface area contributed by atoms with Crippen LogP contribution < -0.4 is 10.1 Å². The highest BCUT2D eigenvalue weighted by molar-refractivity contribution is 6.30. The molecule has 1 aliphatic heterocycles. The van der Waals surface area contributed by atoms with Crippen LogP contribution in [-0.2, 0) is 4.74 Å². The molecule has 1 saturated heterocycles. The Balaban J connectivity index is 1.66. The molecule has 1 aliphatic rings. The second-order valence-electron chi connectivity index (χ2n) is 4.80. The van der Waals surface area contributed by atoms with E-state index in [1.54, 1.807) is 24.3 Å². The van der Waals surface area contributed by atoms with Crippen LogP contribution in [0.25, 0.3) is 0 Å². The Morgan fingerprint density at radius 2 is 2.21 bits per heavy atom. The summed E-state index contributed by atoms with van der Waals surface area (Å²) in [6, 6.07) is 7.42. The fourth-order valence-corrected chi connectivity index (χ4v) is 2.20. The van der Waals surface area contributed by atoms with E-state index in [2.05, 4.69) is 5.32 Å². The Hall–Kier alpha value is -0.810. The van der Waals surface area contributed by atoms with E-state index in [1.165, 1.54) is 0 Å². The van der Waals surface area contributed by atoms with E-state index >= 15 is 0 Å². The van der Waals surface area contributed by atoms with Crippen molar-refractivity contribution < 1.29 is 14.6 Å². The number of halogens is 1. The molecule has 0 spiro atoms. The van der Waals surface area contributed by atoms with Crippen molar-refractivity contribution in [3.8, 4) is 5.75 Å². The molecular weight excluding hydrogens is 266 g/mol. The number of rotatable bonds is 6. The zero-order valence-corrected chi connectivity index (χ0v) is 11.8. The summed E-state index contributed by atoms with van der Waals surface area (Å²) in [5.41, 5.74) is 0. The lowest BCUT2D eigenvalue weighted by Crippen LogP contribution is -2.41. The maximum Gasteiger partial charge on any atom is 0.119 e. The minimum Gasteiger partial charge on any atom is -0.491 e. The van der Waals surface area contributed by atoms with Gasteiger partial charge in [-0.3, -0.25) is 0 Å². The standard InChI is InChI=1S/C14H20ClNO3/c1-10-14(6-7-18-10)16-8-12(17)9-19-13-4-2-11(15)3-5-13/h2-5,10,12,14,16-17H,6-9H2,1H3. The van der Waals surface area contributed by atoms with Crippen molar-refractivity contribution in [2.75, 3.05) is 19.8 Å². The molecule has 5 heteroatoms. The lowest BCUT2D eigenvalue weighted by molar-refractivity contribution is 0.0897. The van der Waals surface area contributed by atoms with Crippen molar-refractivity contribution in [3.63, 3.8) is 0 Å². The number of aliphatic hydroxyl groups excluding tert-OH is 1. The van der Waals surface area contributed by atoms with Crippen molar-refractivity contribution in [3.05, 3.63) is 29.3 Å². The van der Waals surface area contributed by atoms with Crippen LogP contribution >= 0.6 is 11.6 Å². The molecule has 0 amide bonds. The topological polar surface area (TPSA) is 50.7 Å². The second kappa shape index (κ2) is 7.10. The summed E-state index contributed by atoms with van der Waals surface area (Å²) >= 11 is 5.78. The molecule has 106 valence electrons. The van der Waals surface area contributed by atoms with Gasteiger partial charge in [0.1, 0.15) is 18.5 Å². The van der Waals surface area contributed by atoms with Gasteiger partial charge in [0.05, 0.1) is 6.10 Å². The summed E-state index contributed by atoms with van der Waals surface area (Å²) in [5, 5.41) is 13.8. The number of aliphatic hydroxyl groups is 1. The highest BCUT2D eigenvalue weighted by atomic mass is 35.5. The summed E-state index contributed by atoms with van der Waals surface area (Å²) in [6.45, 7) is 3.60. The normalized spacial score (nSPS) is 24.4. The first-order valence-electron chi connectivity index (χ1n) is 6.56. The highest BCUT2D eigenvalue weighted by Crippen LogP contribution is 2.16. The van der Waals surface area contributed by atoms with Gasteiger partial charge in [-0.05, 0) is 37.6 Å². The predicted octanol–water partition coefficient (Wildman–Crippen LogP) is 1.85. The molecule has 2 rings (SSSR count). The molecular formula is C14H20ClNO3. The van der Waals surface area contributed by atoms with E-state index in [-0.39, 0.29) is 12.7 Å². The van der Waals surface area contributed by atoms with Crippen LogP contribution in [0.5, 0.6) is 5.75 Å². The van der Waals surface area contributed by atoms with Crippen molar-refractivity contribution in [1.82, 2.24) is 5.32 Å². The molecule has 1 heterocycles. The van der Waals surface area contributed by atoms with E-state index in [9.17, 15) is 5.11 Å². The third-order valence-corrected chi connectivity index (χ3v) is 3.50. The summed E-state index contributed by atoms with van der Waals surface area (Å²) in [4.78, 5) is 0. The van der Waals surface area contributed by atoms with Gasteiger partial charge in [-0.15, -0.1) is 0 Å². The fourth-order valence-electron chi connectivity index (χ4n) is 2.07. The van der Waals surface area contributed by atoms with Crippen molar-refractivity contribution in [2.45, 2.75) is 31.6 Å². The number of benzene rings is 1. The lowest BCUT2D eigenvalue weighted by Gasteiger charge is -2.19. The molecule has 0 aliphatic carbocycles. The summed E-state index contributed by atoms with van der Waals surface area (Å²) in [5.74, 6) is 0.709. The predicted molar refractivity (Wildman–Crippen MR) is 74.8 cm³/mol. The van der Waals surface area contributed by atoms with Gasteiger partial charge in [-0.1, -0.05) is 11.6 Å². The third kappa shape index (κ3) is 4.66. The quantitative estimate of drug-likeness (QED) is 0.837. The number of nitrogens with one attached hydrogen (secondary N) is 1. The first-order valence-corrected chi connectivity index (χ1v) is 6.94. The van der Waals surface area contributed by atoms with E-state index in [4.69, 9.17) is 21.1 Å². The Bertz CT molecular complexity index is 385. The van der Waals surface area contributed by atoms with Gasteiger partial charge in [0.2, 0.25) is 0 Å². The van der Waals surface area contributed by atoms with E-state index in [0.29, 0.717) is 23.4 Å². The first-order chi connectivity index (χ1) is 9.15. The van der Waals surface area contributed by atoms with Gasteiger partial charge >= 0.3 is 0 Å². The van der Waals surface area contributed by atoms with Gasteiger partial charge in [-0.2, -0.15) is 0 Å². The molecule has 2 N–H and O–H groups in total. The second-order valence-corrected chi connectivity index (χ2v) is 5.23. The van der Waals surface area contributed by atoms with E-state index < -0.39 is 6.10 Å². The average molecular weight is 286 g/mol. The number of hydrogen-bond donors (Lipinski definition) is 2. The fraction of sp³-hybridized carbons (Fsp3) is 0.571. The summed E-state index contributed by atoms with van der Waals surface area (Å²) in [7, 11) is 0. The van der Waals surface area contributed by atoms with Crippen molar-refractivity contribution in [1.29, 1.82) is 0 Å². The molecule has 0 aromatic heterocycles. The van der Waals surface area contributed by atoms with Crippen LogP contribution in [0.1, 0.15) is 13.3 Å². The Morgan fingerprint density at radius 1 is 1.47 bits per heavy atom. The van der Waals surface area contributed by atoms with Crippen molar-refractivity contribution >= 4 is 11.6 Å². The van der Waals surface area contributed by atoms with Gasteiger partial charge in [-0.25, -0.2) is 0 Å². The third-order valence-electron chi connectivity index (χ3n) is 3.25. The van der Waals surface area contributed by atoms with Gasteiger partial charge in [0.25, 0.3) is 0 Å². The van der Waals surface area contributed by atoms with Gasteiger partial charge in [0, 0.05) is 24.2 Å². The molecule has 1 aromatic carbocycles. The van der Waals surface area contributed by atoms with Crippen LogP contribution in [-0.4, -0.2) is 43.1 Å². The minimum absolute atomic E-state index is 0.212. The van der Waals surface area contributed by atoms with Crippen LogP contribution in [0.4, 0.5) is 0 Å². The molecule has 0 bridgehead atoms. The molecule has 3 atom stereocenters. The maximum absolute atomic E-state index is 9.86. The largest absolute Gasteiger partial charge is 0.491 e. The molecule has 19 heavy (non-hydrogen) atoms. The first kappa shape index (κ1) is 14.6. The summed E-state index contributed by atoms with van der Waals surface area (Å²) < 4.78 is 10.9. The Morgan fingerprint density at radius 3 is 2.84 bits per heavy atom. The van der Waals surface area contributed by atoms with E-state index in [1.807, 2.05) is 6.92 Å². The average Bonchev–Trinajstić information content (AvgIpc) is 2.81. The smallest absolute Gasteiger partial charge is 0.119 e. The zero-order chi connectivity index (χ0) is 13.7. The number of ether oxygens (including phenoxy) is 2. The molecule has 0 radical (unpaired) electrons. The number of hydrogen-bond acceptors (Lipinski definition) is 4.